The van der Waals surface area contributed by atoms with E-state index in [1.54, 1.807) is 24.3 Å². The fraction of sp³-hybridized carbons (Fsp3) is 0.524. The van der Waals surface area contributed by atoms with Crippen molar-refractivity contribution in [1.82, 2.24) is 10.2 Å². The zero-order chi connectivity index (χ0) is 20.5. The summed E-state index contributed by atoms with van der Waals surface area (Å²) in [5.74, 6) is -0.745. The largest absolute Gasteiger partial charge is 0.459 e. The number of nitrogens with one attached hydrogen (secondary N) is 1. The molecule has 2 aliphatic rings. The van der Waals surface area contributed by atoms with Crippen molar-refractivity contribution >= 4 is 17.9 Å². The zero-order valence-electron chi connectivity index (χ0n) is 16.4. The summed E-state index contributed by atoms with van der Waals surface area (Å²) in [5.41, 5.74) is -0.0121. The minimum atomic E-state index is -0.939. The summed E-state index contributed by atoms with van der Waals surface area (Å²) < 4.78 is 5.20. The third kappa shape index (κ3) is 3.86. The Morgan fingerprint density at radius 2 is 2.04 bits per heavy atom. The van der Waals surface area contributed by atoms with Crippen LogP contribution in [0.5, 0.6) is 0 Å². The van der Waals surface area contributed by atoms with Crippen LogP contribution in [0.15, 0.2) is 24.3 Å². The van der Waals surface area contributed by atoms with Gasteiger partial charge in [0.15, 0.2) is 0 Å². The van der Waals surface area contributed by atoms with Gasteiger partial charge >= 0.3 is 12.0 Å². The first-order chi connectivity index (χ1) is 13.2. The van der Waals surface area contributed by atoms with Crippen LogP contribution in [0, 0.1) is 22.7 Å². The Balaban J connectivity index is 1.66. The maximum atomic E-state index is 13.0. The van der Waals surface area contributed by atoms with E-state index >= 15 is 0 Å². The van der Waals surface area contributed by atoms with Gasteiger partial charge in [-0.25, -0.2) is 4.79 Å². The molecular formula is C21H25N3O4. The molecule has 1 aliphatic heterocycles. The van der Waals surface area contributed by atoms with Crippen molar-refractivity contribution in [3.8, 4) is 6.07 Å². The van der Waals surface area contributed by atoms with Gasteiger partial charge in [-0.15, -0.1) is 0 Å². The first kappa shape index (κ1) is 19.9. The normalized spacial score (nSPS) is 26.1. The molecule has 0 aromatic heterocycles. The minimum Gasteiger partial charge on any atom is -0.459 e. The van der Waals surface area contributed by atoms with Crippen LogP contribution in [0.1, 0.15) is 51.2 Å². The Kier molecular flexibility index (Phi) is 5.16. The highest BCUT2D eigenvalue weighted by molar-refractivity contribution is 6.08. The lowest BCUT2D eigenvalue weighted by Crippen LogP contribution is -2.54. The first-order valence-corrected chi connectivity index (χ1v) is 9.43. The van der Waals surface area contributed by atoms with Crippen molar-refractivity contribution in [1.29, 1.82) is 5.26 Å². The number of imide groups is 1. The Morgan fingerprint density at radius 3 is 2.71 bits per heavy atom. The number of ether oxygens (including phenoxy) is 1. The predicted octanol–water partition coefficient (Wildman–Crippen LogP) is 2.74. The second kappa shape index (κ2) is 7.27. The van der Waals surface area contributed by atoms with Gasteiger partial charge in [-0.05, 0) is 36.7 Å². The van der Waals surface area contributed by atoms with E-state index in [1.807, 2.05) is 6.07 Å². The van der Waals surface area contributed by atoms with Crippen molar-refractivity contribution in [2.45, 2.75) is 52.2 Å². The van der Waals surface area contributed by atoms with Crippen LogP contribution in [-0.4, -0.2) is 34.9 Å². The molecule has 7 heteroatoms. The zero-order valence-corrected chi connectivity index (χ0v) is 16.4. The lowest BCUT2D eigenvalue weighted by molar-refractivity contribution is -0.149. The molecule has 2 atom stereocenters. The minimum absolute atomic E-state index is 0.0713. The molecule has 148 valence electrons. The highest BCUT2D eigenvalue weighted by Gasteiger charge is 2.56. The summed E-state index contributed by atoms with van der Waals surface area (Å²) in [6.07, 6.45) is 2.11. The number of amides is 3. The molecular weight excluding hydrogens is 358 g/mol. The summed E-state index contributed by atoms with van der Waals surface area (Å²) in [5, 5.41) is 11.9. The Morgan fingerprint density at radius 1 is 1.32 bits per heavy atom. The molecule has 1 spiro atoms. The summed E-state index contributed by atoms with van der Waals surface area (Å²) in [6.45, 7) is 5.74. The van der Waals surface area contributed by atoms with E-state index in [1.165, 1.54) is 0 Å². The summed E-state index contributed by atoms with van der Waals surface area (Å²) in [4.78, 5) is 38.7. The van der Waals surface area contributed by atoms with Crippen LogP contribution in [0.4, 0.5) is 4.79 Å². The van der Waals surface area contributed by atoms with Crippen LogP contribution >= 0.6 is 0 Å². The third-order valence-corrected chi connectivity index (χ3v) is 5.44. The average molecular weight is 383 g/mol. The molecule has 3 amide bonds. The Hall–Kier alpha value is -2.88. The van der Waals surface area contributed by atoms with Crippen LogP contribution in [0.25, 0.3) is 0 Å². The van der Waals surface area contributed by atoms with Crippen molar-refractivity contribution in [2.24, 2.45) is 11.3 Å². The van der Waals surface area contributed by atoms with Gasteiger partial charge in [-0.2, -0.15) is 5.26 Å². The number of esters is 1. The van der Waals surface area contributed by atoms with E-state index in [0.29, 0.717) is 29.9 Å². The molecule has 3 rings (SSSR count). The molecule has 28 heavy (non-hydrogen) atoms. The van der Waals surface area contributed by atoms with Gasteiger partial charge in [0.25, 0.3) is 5.91 Å². The molecule has 1 saturated carbocycles. The maximum absolute atomic E-state index is 13.0. The number of hydrogen-bond donors (Lipinski definition) is 1. The Labute approximate surface area is 164 Å². The summed E-state index contributed by atoms with van der Waals surface area (Å²) in [6, 6.07) is 8.29. The third-order valence-electron chi connectivity index (χ3n) is 5.44. The van der Waals surface area contributed by atoms with Crippen LogP contribution in [-0.2, 0) is 20.9 Å². The number of hydrogen-bond acceptors (Lipinski definition) is 5. The summed E-state index contributed by atoms with van der Waals surface area (Å²) in [7, 11) is 0. The van der Waals surface area contributed by atoms with E-state index in [-0.39, 0.29) is 17.9 Å². The van der Waals surface area contributed by atoms with Crippen molar-refractivity contribution in [3.05, 3.63) is 35.4 Å². The molecule has 0 radical (unpaired) electrons. The fourth-order valence-electron chi connectivity index (χ4n) is 4.74. The molecule has 1 aromatic carbocycles. The number of carbonyl (C=O) groups excluding carboxylic acids is 3. The van der Waals surface area contributed by atoms with Gasteiger partial charge in [-0.1, -0.05) is 39.0 Å². The second-order valence-electron chi connectivity index (χ2n) is 8.69. The highest BCUT2D eigenvalue weighted by Crippen LogP contribution is 2.46. The van der Waals surface area contributed by atoms with E-state index in [4.69, 9.17) is 10.00 Å². The molecule has 1 heterocycles. The van der Waals surface area contributed by atoms with E-state index in [0.717, 1.165) is 11.3 Å². The second-order valence-corrected chi connectivity index (χ2v) is 8.69. The SMILES string of the molecule is C[C@H]1CC(C)(C)C[C@@]2(C1)NC(=O)N(CC(=O)OCc1ccccc1C#N)C2=O. The average Bonchev–Trinajstić information content (AvgIpc) is 2.81. The van der Waals surface area contributed by atoms with E-state index < -0.39 is 24.1 Å². The van der Waals surface area contributed by atoms with Gasteiger partial charge in [0.05, 0.1) is 11.6 Å². The topological polar surface area (TPSA) is 99.5 Å². The number of urea groups is 1. The highest BCUT2D eigenvalue weighted by atomic mass is 16.5. The maximum Gasteiger partial charge on any atom is 0.326 e. The van der Waals surface area contributed by atoms with E-state index in [9.17, 15) is 14.4 Å². The van der Waals surface area contributed by atoms with Crippen LogP contribution in [0.2, 0.25) is 0 Å². The van der Waals surface area contributed by atoms with Crippen molar-refractivity contribution < 1.29 is 19.1 Å². The van der Waals surface area contributed by atoms with Gasteiger partial charge in [-0.3, -0.25) is 14.5 Å². The molecule has 1 saturated heterocycles. The fourth-order valence-corrected chi connectivity index (χ4v) is 4.74. The number of rotatable bonds is 4. The van der Waals surface area contributed by atoms with Crippen LogP contribution in [0.3, 0.4) is 0 Å². The molecule has 1 aliphatic carbocycles. The van der Waals surface area contributed by atoms with E-state index in [2.05, 4.69) is 26.1 Å². The quantitative estimate of drug-likeness (QED) is 0.637. The lowest BCUT2D eigenvalue weighted by atomic mass is 9.64. The number of benzene rings is 1. The molecule has 2 fully saturated rings. The van der Waals surface area contributed by atoms with Gasteiger partial charge in [0, 0.05) is 5.56 Å². The van der Waals surface area contributed by atoms with Crippen molar-refractivity contribution in [2.75, 3.05) is 6.54 Å². The molecule has 7 nitrogen and oxygen atoms in total. The number of nitrogens with zero attached hydrogens (tertiary/aromatic N) is 2. The smallest absolute Gasteiger partial charge is 0.326 e. The Bertz CT molecular complexity index is 857. The van der Waals surface area contributed by atoms with Crippen LogP contribution < -0.4 is 5.32 Å². The molecule has 0 unspecified atom stereocenters. The van der Waals surface area contributed by atoms with Gasteiger partial charge in [0.1, 0.15) is 18.7 Å². The first-order valence-electron chi connectivity index (χ1n) is 9.43. The monoisotopic (exact) mass is 383 g/mol. The lowest BCUT2D eigenvalue weighted by Gasteiger charge is -2.43. The molecule has 1 N–H and O–H groups in total. The van der Waals surface area contributed by atoms with Gasteiger partial charge < -0.3 is 10.1 Å². The predicted molar refractivity (Wildman–Crippen MR) is 101 cm³/mol. The van der Waals surface area contributed by atoms with Gasteiger partial charge in [0.2, 0.25) is 0 Å². The standard InChI is InChI=1S/C21H25N3O4/c1-14-8-20(2,3)13-21(9-14)18(26)24(19(27)23-21)11-17(25)28-12-16-7-5-4-6-15(16)10-22/h4-7,14H,8-9,11-13H2,1-3H3,(H,23,27)/t14-,21+/m0/s1. The number of carbonyl (C=O) groups is 3. The van der Waals surface area contributed by atoms with Crippen molar-refractivity contribution in [3.63, 3.8) is 0 Å². The summed E-state index contributed by atoms with van der Waals surface area (Å²) >= 11 is 0. The molecule has 1 aromatic rings. The number of nitriles is 1. The molecule has 0 bridgehead atoms.